The predicted octanol–water partition coefficient (Wildman–Crippen LogP) is 6.56. The highest BCUT2D eigenvalue weighted by Crippen LogP contribution is 2.34. The van der Waals surface area contributed by atoms with Crippen molar-refractivity contribution in [2.75, 3.05) is 25.1 Å². The molecule has 1 aliphatic carbocycles. The van der Waals surface area contributed by atoms with Gasteiger partial charge in [-0.15, -0.1) is 0 Å². The summed E-state index contributed by atoms with van der Waals surface area (Å²) in [5.74, 6) is -0.178. The number of amides is 2. The quantitative estimate of drug-likeness (QED) is 0.160. The van der Waals surface area contributed by atoms with Crippen molar-refractivity contribution in [3.63, 3.8) is 0 Å². The molecule has 0 aliphatic heterocycles. The zero-order chi connectivity index (χ0) is 35.0. The second kappa shape index (κ2) is 16.2. The molecule has 0 spiro atoms. The number of halogens is 1. The molecule has 0 heterocycles. The molecular formula is C38H42ClN3O6S. The monoisotopic (exact) mass is 703 g/mol. The van der Waals surface area contributed by atoms with Crippen molar-refractivity contribution in [1.29, 1.82) is 0 Å². The van der Waals surface area contributed by atoms with Crippen molar-refractivity contribution in [1.82, 2.24) is 10.2 Å². The number of aryl methyl sites for hydroxylation is 1. The number of nitrogens with one attached hydrogen (secondary N) is 1. The van der Waals surface area contributed by atoms with Crippen LogP contribution in [0.3, 0.4) is 0 Å². The minimum absolute atomic E-state index is 0.00761. The van der Waals surface area contributed by atoms with Crippen LogP contribution in [0.5, 0.6) is 11.5 Å². The number of ether oxygens (including phenoxy) is 2. The number of methoxy groups -OCH3 is 2. The Bertz CT molecular complexity index is 1850. The number of rotatable bonds is 14. The number of hydrogen-bond acceptors (Lipinski definition) is 6. The third-order valence-electron chi connectivity index (χ3n) is 8.81. The largest absolute Gasteiger partial charge is 0.493 e. The predicted molar refractivity (Wildman–Crippen MR) is 192 cm³/mol. The van der Waals surface area contributed by atoms with E-state index in [-0.39, 0.29) is 35.5 Å². The minimum atomic E-state index is -4.29. The Labute approximate surface area is 293 Å². The maximum absolute atomic E-state index is 14.8. The molecule has 2 amide bonds. The summed E-state index contributed by atoms with van der Waals surface area (Å²) in [5, 5.41) is 3.61. The van der Waals surface area contributed by atoms with Crippen molar-refractivity contribution in [2.24, 2.45) is 0 Å². The molecule has 11 heteroatoms. The number of hydrogen-bond donors (Lipinski definition) is 1. The molecule has 0 aromatic heterocycles. The molecule has 4 aromatic rings. The summed E-state index contributed by atoms with van der Waals surface area (Å²) in [7, 11) is -1.35. The fraction of sp³-hybridized carbons (Fsp3) is 0.316. The highest BCUT2D eigenvalue weighted by molar-refractivity contribution is 7.92. The molecule has 1 saturated carbocycles. The van der Waals surface area contributed by atoms with Crippen LogP contribution in [-0.4, -0.2) is 58.0 Å². The molecule has 0 radical (unpaired) electrons. The molecule has 0 bridgehead atoms. The van der Waals surface area contributed by atoms with Crippen molar-refractivity contribution >= 4 is 39.1 Å². The molecule has 1 fully saturated rings. The molecule has 258 valence electrons. The van der Waals surface area contributed by atoms with Crippen LogP contribution in [-0.2, 0) is 32.6 Å². The number of nitrogens with zero attached hydrogens (tertiary/aromatic N) is 2. The maximum Gasteiger partial charge on any atom is 0.264 e. The van der Waals surface area contributed by atoms with Crippen LogP contribution >= 0.6 is 11.6 Å². The van der Waals surface area contributed by atoms with Gasteiger partial charge in [0.1, 0.15) is 12.6 Å². The summed E-state index contributed by atoms with van der Waals surface area (Å²) >= 11 is 6.61. The molecule has 49 heavy (non-hydrogen) atoms. The normalized spacial score (nSPS) is 13.8. The zero-order valence-corrected chi connectivity index (χ0v) is 29.5. The van der Waals surface area contributed by atoms with Crippen molar-refractivity contribution < 1.29 is 27.5 Å². The molecular weight excluding hydrogens is 662 g/mol. The van der Waals surface area contributed by atoms with E-state index in [2.05, 4.69) is 5.32 Å². The van der Waals surface area contributed by atoms with E-state index in [1.165, 1.54) is 37.3 Å². The van der Waals surface area contributed by atoms with Crippen LogP contribution in [0, 0.1) is 6.92 Å². The lowest BCUT2D eigenvalue weighted by molar-refractivity contribution is -0.140. The Morgan fingerprint density at radius 2 is 1.53 bits per heavy atom. The van der Waals surface area contributed by atoms with Gasteiger partial charge in [0.2, 0.25) is 11.8 Å². The summed E-state index contributed by atoms with van der Waals surface area (Å²) in [6.45, 7) is 1.25. The fourth-order valence-electron chi connectivity index (χ4n) is 6.08. The van der Waals surface area contributed by atoms with Crippen LogP contribution in [0.2, 0.25) is 5.02 Å². The molecule has 1 atom stereocenters. The Morgan fingerprint density at radius 3 is 2.18 bits per heavy atom. The first kappa shape index (κ1) is 35.8. The van der Waals surface area contributed by atoms with Gasteiger partial charge in [-0.2, -0.15) is 0 Å². The summed E-state index contributed by atoms with van der Waals surface area (Å²) in [5.41, 5.74) is 2.56. The van der Waals surface area contributed by atoms with Crippen molar-refractivity contribution in [3.8, 4) is 11.5 Å². The van der Waals surface area contributed by atoms with E-state index in [0.29, 0.717) is 22.1 Å². The van der Waals surface area contributed by atoms with Gasteiger partial charge < -0.3 is 19.7 Å². The molecule has 0 unspecified atom stereocenters. The topological polar surface area (TPSA) is 105 Å². The number of sulfonamides is 1. The smallest absolute Gasteiger partial charge is 0.264 e. The van der Waals surface area contributed by atoms with Crippen molar-refractivity contribution in [3.05, 3.63) is 119 Å². The highest BCUT2D eigenvalue weighted by Gasteiger charge is 2.36. The van der Waals surface area contributed by atoms with E-state index in [1.807, 2.05) is 43.3 Å². The molecule has 9 nitrogen and oxygen atoms in total. The van der Waals surface area contributed by atoms with Gasteiger partial charge in [-0.3, -0.25) is 13.9 Å². The Hall–Kier alpha value is -4.54. The van der Waals surface area contributed by atoms with Crippen LogP contribution in [0.25, 0.3) is 0 Å². The first-order chi connectivity index (χ1) is 23.6. The number of anilines is 1. The molecule has 4 aromatic carbocycles. The van der Waals surface area contributed by atoms with Crippen molar-refractivity contribution in [2.45, 2.75) is 62.6 Å². The number of benzene rings is 4. The van der Waals surface area contributed by atoms with Gasteiger partial charge in [0.25, 0.3) is 10.0 Å². The van der Waals surface area contributed by atoms with E-state index in [4.69, 9.17) is 21.1 Å². The second-order valence-electron chi connectivity index (χ2n) is 12.2. The number of carbonyl (C=O) groups excluding carboxylic acids is 2. The third kappa shape index (κ3) is 8.74. The Morgan fingerprint density at radius 1 is 0.878 bits per heavy atom. The first-order valence-electron chi connectivity index (χ1n) is 16.3. The molecule has 1 aliphatic rings. The lowest BCUT2D eigenvalue weighted by Gasteiger charge is -2.34. The van der Waals surface area contributed by atoms with Crippen LogP contribution in [0.15, 0.2) is 102 Å². The van der Waals surface area contributed by atoms with Gasteiger partial charge >= 0.3 is 0 Å². The third-order valence-corrected chi connectivity index (χ3v) is 11.0. The van der Waals surface area contributed by atoms with E-state index in [1.54, 1.807) is 42.5 Å². The van der Waals surface area contributed by atoms with Gasteiger partial charge in [-0.05, 0) is 61.2 Å². The molecule has 5 rings (SSSR count). The number of carbonyl (C=O) groups is 2. The Kier molecular flexibility index (Phi) is 11.9. The van der Waals surface area contributed by atoms with Gasteiger partial charge in [-0.25, -0.2) is 8.42 Å². The average molecular weight is 704 g/mol. The molecule has 1 N–H and O–H groups in total. The fourth-order valence-corrected chi connectivity index (χ4v) is 7.68. The first-order valence-corrected chi connectivity index (χ1v) is 18.1. The van der Waals surface area contributed by atoms with Crippen LogP contribution in [0.4, 0.5) is 5.69 Å². The standard InChI is InChI=1S/C38H42ClN3O6S/c1-27-17-20-32(21-18-27)49(45,46)42(31-19-22-35(47-2)36(24-31)48-3)26-37(43)41(25-29-13-7-10-16-33(29)39)34(23-28-11-5-4-6-12-28)38(44)40-30-14-8-9-15-30/h4-7,10-13,16-22,24,30,34H,8-9,14-15,23,25-26H2,1-3H3,(H,40,44)/t34-/m1/s1. The lowest BCUT2D eigenvalue weighted by atomic mass is 10.0. The van der Waals surface area contributed by atoms with Gasteiger partial charge in [0, 0.05) is 30.1 Å². The average Bonchev–Trinajstić information content (AvgIpc) is 3.62. The maximum atomic E-state index is 14.8. The summed E-state index contributed by atoms with van der Waals surface area (Å²) in [6, 6.07) is 26.7. The van der Waals surface area contributed by atoms with E-state index < -0.39 is 28.5 Å². The van der Waals surface area contributed by atoms with Gasteiger partial charge in [-0.1, -0.05) is 90.7 Å². The van der Waals surface area contributed by atoms with E-state index >= 15 is 0 Å². The van der Waals surface area contributed by atoms with Crippen LogP contribution < -0.4 is 19.1 Å². The lowest BCUT2D eigenvalue weighted by Crippen LogP contribution is -2.54. The summed E-state index contributed by atoms with van der Waals surface area (Å²) < 4.78 is 40.7. The van der Waals surface area contributed by atoms with Crippen LogP contribution in [0.1, 0.15) is 42.4 Å². The second-order valence-corrected chi connectivity index (χ2v) is 14.4. The Balaban J connectivity index is 1.60. The SMILES string of the molecule is COc1ccc(N(CC(=O)N(Cc2ccccc2Cl)[C@H](Cc2ccccc2)C(=O)NC2CCCC2)S(=O)(=O)c2ccc(C)cc2)cc1OC. The summed E-state index contributed by atoms with van der Waals surface area (Å²) in [6.07, 6.45) is 3.99. The summed E-state index contributed by atoms with van der Waals surface area (Å²) in [4.78, 5) is 30.4. The van der Waals surface area contributed by atoms with Gasteiger partial charge in [0.05, 0.1) is 24.8 Å². The molecule has 0 saturated heterocycles. The zero-order valence-electron chi connectivity index (χ0n) is 28.0. The van der Waals surface area contributed by atoms with E-state index in [0.717, 1.165) is 41.1 Å². The van der Waals surface area contributed by atoms with Gasteiger partial charge in [0.15, 0.2) is 11.5 Å². The minimum Gasteiger partial charge on any atom is -0.493 e. The highest BCUT2D eigenvalue weighted by atomic mass is 35.5. The van der Waals surface area contributed by atoms with E-state index in [9.17, 15) is 18.0 Å².